The van der Waals surface area contributed by atoms with E-state index in [0.29, 0.717) is 16.9 Å². The highest BCUT2D eigenvalue weighted by atomic mass is 32.2. The standard InChI is InChI=1S/C15H16N4O3S/c1-8(2)11-12-13(19-18-11)15(20)17-14(16-12)9-5-4-6-10(7-9)23(3,21)22/h4-8H,1-3H3,(H,18,19)(H,16,17,20). The highest BCUT2D eigenvalue weighted by Crippen LogP contribution is 2.23. The first-order valence-electron chi connectivity index (χ1n) is 7.06. The van der Waals surface area contributed by atoms with Crippen LogP contribution in [0.1, 0.15) is 25.5 Å². The summed E-state index contributed by atoms with van der Waals surface area (Å²) in [6, 6.07) is 6.32. The molecule has 0 bridgehead atoms. The fourth-order valence-corrected chi connectivity index (χ4v) is 3.01. The fourth-order valence-electron chi connectivity index (χ4n) is 2.34. The lowest BCUT2D eigenvalue weighted by Crippen LogP contribution is -2.10. The van der Waals surface area contributed by atoms with E-state index in [4.69, 9.17) is 0 Å². The largest absolute Gasteiger partial charge is 0.305 e. The van der Waals surface area contributed by atoms with Crippen LogP contribution in [0.15, 0.2) is 34.0 Å². The number of rotatable bonds is 3. The van der Waals surface area contributed by atoms with Crippen molar-refractivity contribution < 1.29 is 8.42 Å². The van der Waals surface area contributed by atoms with E-state index in [-0.39, 0.29) is 21.9 Å². The van der Waals surface area contributed by atoms with Crippen LogP contribution in [0, 0.1) is 0 Å². The SMILES string of the molecule is CC(C)c1[nH]nc2c(=O)[nH]c(-c3cccc(S(C)(=O)=O)c3)nc12. The van der Waals surface area contributed by atoms with E-state index in [2.05, 4.69) is 20.2 Å². The van der Waals surface area contributed by atoms with Crippen molar-refractivity contribution in [2.45, 2.75) is 24.7 Å². The van der Waals surface area contributed by atoms with Crippen molar-refractivity contribution in [2.24, 2.45) is 0 Å². The Morgan fingerprint density at radius 3 is 2.57 bits per heavy atom. The van der Waals surface area contributed by atoms with E-state index in [1.165, 1.54) is 12.1 Å². The summed E-state index contributed by atoms with van der Waals surface area (Å²) in [4.78, 5) is 19.5. The first-order chi connectivity index (χ1) is 10.8. The van der Waals surface area contributed by atoms with Gasteiger partial charge in [-0.2, -0.15) is 5.10 Å². The maximum atomic E-state index is 12.2. The highest BCUT2D eigenvalue weighted by molar-refractivity contribution is 7.90. The topological polar surface area (TPSA) is 109 Å². The van der Waals surface area contributed by atoms with Crippen molar-refractivity contribution >= 4 is 20.9 Å². The van der Waals surface area contributed by atoms with E-state index in [1.54, 1.807) is 12.1 Å². The molecule has 0 saturated carbocycles. The van der Waals surface area contributed by atoms with Gasteiger partial charge in [-0.25, -0.2) is 13.4 Å². The van der Waals surface area contributed by atoms with Gasteiger partial charge in [0.25, 0.3) is 5.56 Å². The molecule has 0 unspecified atom stereocenters. The van der Waals surface area contributed by atoms with Crippen LogP contribution < -0.4 is 5.56 Å². The second-order valence-corrected chi connectivity index (χ2v) is 7.72. The Labute approximate surface area is 132 Å². The zero-order valence-electron chi connectivity index (χ0n) is 12.9. The molecule has 0 aliphatic heterocycles. The monoisotopic (exact) mass is 332 g/mol. The average Bonchev–Trinajstić information content (AvgIpc) is 2.91. The minimum atomic E-state index is -3.34. The summed E-state index contributed by atoms with van der Waals surface area (Å²) in [6.45, 7) is 3.94. The van der Waals surface area contributed by atoms with Gasteiger partial charge in [0.2, 0.25) is 0 Å². The van der Waals surface area contributed by atoms with Crippen LogP contribution in [0.25, 0.3) is 22.4 Å². The Balaban J connectivity index is 2.25. The van der Waals surface area contributed by atoms with Gasteiger partial charge in [0.15, 0.2) is 15.4 Å². The van der Waals surface area contributed by atoms with Gasteiger partial charge in [0, 0.05) is 11.8 Å². The van der Waals surface area contributed by atoms with Crippen molar-refractivity contribution in [3.63, 3.8) is 0 Å². The summed E-state index contributed by atoms with van der Waals surface area (Å²) in [7, 11) is -3.34. The van der Waals surface area contributed by atoms with Crippen molar-refractivity contribution in [2.75, 3.05) is 6.26 Å². The van der Waals surface area contributed by atoms with E-state index in [9.17, 15) is 13.2 Å². The van der Waals surface area contributed by atoms with Crippen molar-refractivity contribution in [1.29, 1.82) is 0 Å². The minimum Gasteiger partial charge on any atom is -0.305 e. The van der Waals surface area contributed by atoms with Crippen molar-refractivity contribution in [3.8, 4) is 11.4 Å². The predicted molar refractivity (Wildman–Crippen MR) is 87.1 cm³/mol. The molecule has 1 aromatic carbocycles. The molecule has 0 fully saturated rings. The molecule has 120 valence electrons. The molecule has 3 rings (SSSR count). The molecule has 2 heterocycles. The van der Waals surface area contributed by atoms with Gasteiger partial charge in [-0.15, -0.1) is 0 Å². The molecule has 0 radical (unpaired) electrons. The molecule has 23 heavy (non-hydrogen) atoms. The normalized spacial score (nSPS) is 12.2. The van der Waals surface area contributed by atoms with Crippen LogP contribution in [-0.4, -0.2) is 34.8 Å². The van der Waals surface area contributed by atoms with Crippen LogP contribution >= 0.6 is 0 Å². The van der Waals surface area contributed by atoms with Crippen molar-refractivity contribution in [1.82, 2.24) is 20.2 Å². The number of hydrogen-bond acceptors (Lipinski definition) is 5. The molecular weight excluding hydrogens is 316 g/mol. The third-order valence-electron chi connectivity index (χ3n) is 3.55. The summed E-state index contributed by atoms with van der Waals surface area (Å²) in [5.74, 6) is 0.445. The molecule has 8 heteroatoms. The number of aromatic nitrogens is 4. The van der Waals surface area contributed by atoms with Gasteiger partial charge in [0.1, 0.15) is 11.3 Å². The highest BCUT2D eigenvalue weighted by Gasteiger charge is 2.16. The molecule has 0 atom stereocenters. The summed E-state index contributed by atoms with van der Waals surface area (Å²) < 4.78 is 23.4. The number of nitrogens with zero attached hydrogens (tertiary/aromatic N) is 2. The first-order valence-corrected chi connectivity index (χ1v) is 8.95. The van der Waals surface area contributed by atoms with Crippen LogP contribution in [0.2, 0.25) is 0 Å². The fraction of sp³-hybridized carbons (Fsp3) is 0.267. The van der Waals surface area contributed by atoms with E-state index in [0.717, 1.165) is 11.9 Å². The second-order valence-electron chi connectivity index (χ2n) is 5.70. The number of sulfone groups is 1. The third-order valence-corrected chi connectivity index (χ3v) is 4.66. The molecule has 0 amide bonds. The zero-order valence-corrected chi connectivity index (χ0v) is 13.7. The molecule has 3 aromatic rings. The number of hydrogen-bond donors (Lipinski definition) is 2. The second kappa shape index (κ2) is 5.31. The van der Waals surface area contributed by atoms with Crippen LogP contribution in [-0.2, 0) is 9.84 Å². The van der Waals surface area contributed by atoms with Gasteiger partial charge in [-0.1, -0.05) is 26.0 Å². The predicted octanol–water partition coefficient (Wildman–Crippen LogP) is 1.84. The maximum Gasteiger partial charge on any atom is 0.279 e. The summed E-state index contributed by atoms with van der Waals surface area (Å²) >= 11 is 0. The smallest absolute Gasteiger partial charge is 0.279 e. The number of H-pyrrole nitrogens is 2. The number of nitrogens with one attached hydrogen (secondary N) is 2. The summed E-state index contributed by atoms with van der Waals surface area (Å²) in [6.07, 6.45) is 1.14. The number of aromatic amines is 2. The molecule has 0 saturated heterocycles. The van der Waals surface area contributed by atoms with Crippen LogP contribution in [0.4, 0.5) is 0 Å². The Bertz CT molecular complexity index is 1050. The molecule has 0 aliphatic rings. The Kier molecular flexibility index (Phi) is 3.56. The quantitative estimate of drug-likeness (QED) is 0.760. The van der Waals surface area contributed by atoms with E-state index in [1.807, 2.05) is 13.8 Å². The third kappa shape index (κ3) is 2.77. The molecular formula is C15H16N4O3S. The van der Waals surface area contributed by atoms with Gasteiger partial charge in [0.05, 0.1) is 10.6 Å². The maximum absolute atomic E-state index is 12.2. The molecule has 0 aliphatic carbocycles. The average molecular weight is 332 g/mol. The van der Waals surface area contributed by atoms with Crippen molar-refractivity contribution in [3.05, 3.63) is 40.3 Å². The van der Waals surface area contributed by atoms with Crippen LogP contribution in [0.5, 0.6) is 0 Å². The lowest BCUT2D eigenvalue weighted by Gasteiger charge is -2.05. The minimum absolute atomic E-state index is 0.129. The Morgan fingerprint density at radius 2 is 1.91 bits per heavy atom. The molecule has 2 N–H and O–H groups in total. The van der Waals surface area contributed by atoms with Gasteiger partial charge < -0.3 is 4.98 Å². The molecule has 2 aromatic heterocycles. The molecule has 0 spiro atoms. The van der Waals surface area contributed by atoms with Crippen LogP contribution in [0.3, 0.4) is 0 Å². The Hall–Kier alpha value is -2.48. The number of benzene rings is 1. The van der Waals surface area contributed by atoms with Gasteiger partial charge in [-0.3, -0.25) is 9.89 Å². The van der Waals surface area contributed by atoms with E-state index < -0.39 is 9.84 Å². The van der Waals surface area contributed by atoms with E-state index >= 15 is 0 Å². The lowest BCUT2D eigenvalue weighted by atomic mass is 10.1. The Morgan fingerprint density at radius 1 is 1.17 bits per heavy atom. The first kappa shape index (κ1) is 15.4. The van der Waals surface area contributed by atoms with Gasteiger partial charge in [-0.05, 0) is 18.1 Å². The van der Waals surface area contributed by atoms with Gasteiger partial charge >= 0.3 is 0 Å². The zero-order chi connectivity index (χ0) is 16.8. The molecule has 7 nitrogen and oxygen atoms in total. The lowest BCUT2D eigenvalue weighted by molar-refractivity contribution is 0.602. The summed E-state index contributed by atoms with van der Waals surface area (Å²) in [5, 5.41) is 6.84. The number of fused-ring (bicyclic) bond motifs is 1. The summed E-state index contributed by atoms with van der Waals surface area (Å²) in [5.41, 5.74) is 1.69.